The molecule has 0 unspecified atom stereocenters. The highest BCUT2D eigenvalue weighted by Gasteiger charge is 2.18. The summed E-state index contributed by atoms with van der Waals surface area (Å²) in [4.78, 5) is 4.74. The minimum absolute atomic E-state index is 0.808. The summed E-state index contributed by atoms with van der Waals surface area (Å²) >= 11 is 0. The number of methoxy groups -OCH3 is 1. The van der Waals surface area contributed by atoms with Crippen LogP contribution < -0.4 is 4.74 Å². The second-order valence-electron chi connectivity index (χ2n) is 8.23. The molecule has 154 valence electrons. The van der Waals surface area contributed by atoms with E-state index in [4.69, 9.17) is 14.8 Å². The number of rotatable bonds is 3. The van der Waals surface area contributed by atoms with Crippen LogP contribution in [0.25, 0.3) is 38.8 Å². The van der Waals surface area contributed by atoms with Crippen LogP contribution in [0.5, 0.6) is 5.75 Å². The second-order valence-corrected chi connectivity index (χ2v) is 8.23. The molecule has 0 spiro atoms. The molecule has 0 amide bonds. The standard InChI is InChI=1S/C27H25N3O/c1-16-6-8-20(12-18(16)3)26-24-15-28-25-11-10-22(31-5)14-23(25)27(24)30(29-26)21-9-7-17(2)19(4)13-21/h6-15H,1-5H3. The predicted octanol–water partition coefficient (Wildman–Crippen LogP) is 6.48. The lowest BCUT2D eigenvalue weighted by atomic mass is 10.0. The van der Waals surface area contributed by atoms with Crippen molar-refractivity contribution >= 4 is 21.8 Å². The molecule has 4 nitrogen and oxygen atoms in total. The van der Waals surface area contributed by atoms with Crippen molar-refractivity contribution in [3.8, 4) is 22.7 Å². The molecule has 0 aliphatic heterocycles. The summed E-state index contributed by atoms with van der Waals surface area (Å²) in [6.07, 6.45) is 1.94. The summed E-state index contributed by atoms with van der Waals surface area (Å²) in [6, 6.07) is 19.0. The van der Waals surface area contributed by atoms with Gasteiger partial charge in [0.1, 0.15) is 11.4 Å². The molecule has 0 bridgehead atoms. The Morgan fingerprint density at radius 3 is 2.19 bits per heavy atom. The third-order valence-corrected chi connectivity index (χ3v) is 6.23. The molecule has 0 aliphatic carbocycles. The molecule has 5 rings (SSSR count). The second kappa shape index (κ2) is 7.24. The van der Waals surface area contributed by atoms with E-state index < -0.39 is 0 Å². The first-order valence-electron chi connectivity index (χ1n) is 10.5. The average molecular weight is 408 g/mol. The number of nitrogens with zero attached hydrogens (tertiary/aromatic N) is 3. The Morgan fingerprint density at radius 2 is 1.48 bits per heavy atom. The van der Waals surface area contributed by atoms with Gasteiger partial charge in [0, 0.05) is 22.5 Å². The zero-order valence-electron chi connectivity index (χ0n) is 18.5. The van der Waals surface area contributed by atoms with Gasteiger partial charge in [-0.1, -0.05) is 18.2 Å². The van der Waals surface area contributed by atoms with E-state index in [-0.39, 0.29) is 0 Å². The van der Waals surface area contributed by atoms with Crippen molar-refractivity contribution in [2.45, 2.75) is 27.7 Å². The molecule has 0 fully saturated rings. The van der Waals surface area contributed by atoms with Crippen LogP contribution in [0.15, 0.2) is 60.8 Å². The third kappa shape index (κ3) is 3.15. The van der Waals surface area contributed by atoms with Crippen molar-refractivity contribution in [3.63, 3.8) is 0 Å². The van der Waals surface area contributed by atoms with Crippen molar-refractivity contribution in [1.82, 2.24) is 14.8 Å². The number of hydrogen-bond acceptors (Lipinski definition) is 3. The summed E-state index contributed by atoms with van der Waals surface area (Å²) in [5, 5.41) is 7.17. The molecule has 3 aromatic carbocycles. The van der Waals surface area contributed by atoms with Crippen LogP contribution in [0, 0.1) is 27.7 Å². The van der Waals surface area contributed by atoms with E-state index in [9.17, 15) is 0 Å². The Hall–Kier alpha value is -3.66. The highest BCUT2D eigenvalue weighted by molar-refractivity contribution is 6.09. The molecule has 5 aromatic rings. The van der Waals surface area contributed by atoms with Crippen molar-refractivity contribution in [1.29, 1.82) is 0 Å². The molecule has 0 N–H and O–H groups in total. The number of ether oxygens (including phenoxy) is 1. The van der Waals surface area contributed by atoms with Crippen molar-refractivity contribution in [2.75, 3.05) is 7.11 Å². The van der Waals surface area contributed by atoms with Gasteiger partial charge in [-0.2, -0.15) is 5.10 Å². The van der Waals surface area contributed by atoms with Gasteiger partial charge in [0.05, 0.1) is 23.8 Å². The number of aryl methyl sites for hydroxylation is 4. The fraction of sp³-hybridized carbons (Fsp3) is 0.185. The van der Waals surface area contributed by atoms with Gasteiger partial charge in [0.25, 0.3) is 0 Å². The zero-order valence-corrected chi connectivity index (χ0v) is 18.5. The van der Waals surface area contributed by atoms with Crippen LogP contribution in [0.2, 0.25) is 0 Å². The van der Waals surface area contributed by atoms with Crippen LogP contribution in [0.4, 0.5) is 0 Å². The highest BCUT2D eigenvalue weighted by Crippen LogP contribution is 2.35. The Labute approximate surface area is 182 Å². The monoisotopic (exact) mass is 407 g/mol. The Bertz CT molecular complexity index is 1460. The Kier molecular flexibility index (Phi) is 4.51. The summed E-state index contributed by atoms with van der Waals surface area (Å²) in [6.45, 7) is 8.54. The van der Waals surface area contributed by atoms with Gasteiger partial charge in [-0.25, -0.2) is 4.68 Å². The van der Waals surface area contributed by atoms with Crippen molar-refractivity contribution in [3.05, 3.63) is 83.0 Å². The molecule has 0 saturated heterocycles. The van der Waals surface area contributed by atoms with Gasteiger partial charge < -0.3 is 4.74 Å². The number of aromatic nitrogens is 3. The van der Waals surface area contributed by atoms with E-state index >= 15 is 0 Å². The highest BCUT2D eigenvalue weighted by atomic mass is 16.5. The van der Waals surface area contributed by atoms with E-state index in [2.05, 4.69) is 68.8 Å². The molecule has 4 heteroatoms. The molecule has 31 heavy (non-hydrogen) atoms. The quantitative estimate of drug-likeness (QED) is 0.343. The minimum Gasteiger partial charge on any atom is -0.497 e. The Morgan fingerprint density at radius 1 is 0.742 bits per heavy atom. The smallest absolute Gasteiger partial charge is 0.119 e. The lowest BCUT2D eigenvalue weighted by molar-refractivity contribution is 0.415. The number of hydrogen-bond donors (Lipinski definition) is 0. The van der Waals surface area contributed by atoms with Crippen LogP contribution in [0.1, 0.15) is 22.3 Å². The molecule has 0 aliphatic rings. The number of pyridine rings is 1. The lowest BCUT2D eigenvalue weighted by Crippen LogP contribution is -1.99. The summed E-state index contributed by atoms with van der Waals surface area (Å²) in [7, 11) is 1.69. The van der Waals surface area contributed by atoms with Gasteiger partial charge in [-0.3, -0.25) is 4.98 Å². The van der Waals surface area contributed by atoms with Crippen LogP contribution in [-0.2, 0) is 0 Å². The fourth-order valence-corrected chi connectivity index (χ4v) is 4.04. The largest absolute Gasteiger partial charge is 0.497 e. The van der Waals surface area contributed by atoms with E-state index in [0.29, 0.717) is 0 Å². The topological polar surface area (TPSA) is 39.9 Å². The first kappa shape index (κ1) is 19.3. The van der Waals surface area contributed by atoms with Crippen LogP contribution in [-0.4, -0.2) is 21.9 Å². The first-order valence-corrected chi connectivity index (χ1v) is 10.5. The maximum Gasteiger partial charge on any atom is 0.119 e. The normalized spacial score (nSPS) is 11.4. The van der Waals surface area contributed by atoms with Gasteiger partial charge >= 0.3 is 0 Å². The van der Waals surface area contributed by atoms with Gasteiger partial charge in [0.15, 0.2) is 0 Å². The molecule has 0 atom stereocenters. The van der Waals surface area contributed by atoms with Crippen LogP contribution in [0.3, 0.4) is 0 Å². The van der Waals surface area contributed by atoms with E-state index in [1.54, 1.807) is 7.11 Å². The molecular formula is C27H25N3O. The maximum absolute atomic E-state index is 5.51. The first-order chi connectivity index (χ1) is 15.0. The van der Waals surface area contributed by atoms with Crippen molar-refractivity contribution in [2.24, 2.45) is 0 Å². The minimum atomic E-state index is 0.808. The van der Waals surface area contributed by atoms with Crippen LogP contribution >= 0.6 is 0 Å². The van der Waals surface area contributed by atoms with Gasteiger partial charge in [-0.15, -0.1) is 0 Å². The average Bonchev–Trinajstić information content (AvgIpc) is 3.17. The lowest BCUT2D eigenvalue weighted by Gasteiger charge is -2.09. The summed E-state index contributed by atoms with van der Waals surface area (Å²) in [5.41, 5.74) is 10.1. The SMILES string of the molecule is COc1ccc2ncc3c(-c4ccc(C)c(C)c4)nn(-c4ccc(C)c(C)c4)c3c2c1. The fourth-order valence-electron chi connectivity index (χ4n) is 4.04. The maximum atomic E-state index is 5.51. The molecule has 0 saturated carbocycles. The van der Waals surface area contributed by atoms with Gasteiger partial charge in [-0.05, 0) is 86.3 Å². The molecule has 2 aromatic heterocycles. The summed E-state index contributed by atoms with van der Waals surface area (Å²) < 4.78 is 7.57. The van der Waals surface area contributed by atoms with E-state index in [1.807, 2.05) is 24.4 Å². The van der Waals surface area contributed by atoms with E-state index in [1.165, 1.54) is 22.3 Å². The summed E-state index contributed by atoms with van der Waals surface area (Å²) in [5.74, 6) is 0.808. The molecule has 2 heterocycles. The van der Waals surface area contributed by atoms with E-state index in [0.717, 1.165) is 44.5 Å². The van der Waals surface area contributed by atoms with Gasteiger partial charge in [0.2, 0.25) is 0 Å². The van der Waals surface area contributed by atoms with Crippen molar-refractivity contribution < 1.29 is 4.74 Å². The molecule has 0 radical (unpaired) electrons. The number of benzene rings is 3. The molecular weight excluding hydrogens is 382 g/mol. The third-order valence-electron chi connectivity index (χ3n) is 6.23. The number of fused-ring (bicyclic) bond motifs is 3. The Balaban J connectivity index is 1.90. The zero-order chi connectivity index (χ0) is 21.7. The predicted molar refractivity (Wildman–Crippen MR) is 127 cm³/mol.